The number of hydrogen-bond acceptors (Lipinski definition) is 48. The van der Waals surface area contributed by atoms with Gasteiger partial charge in [0.25, 0.3) is 5.79 Å². The molecule has 54 nitrogen and oxygen atoms in total. The molecule has 9 heterocycles. The second-order valence-corrected chi connectivity index (χ2v) is 30.4. The minimum absolute atomic E-state index is 0.795. The molecular weight excluding hydrogens is 1660 g/mol. The molecule has 0 aromatic rings. The van der Waals surface area contributed by atoms with E-state index in [4.69, 9.17) is 80.5 Å². The van der Waals surface area contributed by atoms with Gasteiger partial charge < -0.3 is 240 Å². The van der Waals surface area contributed by atoms with E-state index in [0.717, 1.165) is 34.6 Å². The molecule has 46 atom stereocenters. The van der Waals surface area contributed by atoms with E-state index < -0.39 is 383 Å². The Labute approximate surface area is 684 Å². The van der Waals surface area contributed by atoms with Crippen LogP contribution in [-0.2, 0) is 109 Å². The van der Waals surface area contributed by atoms with Crippen molar-refractivity contribution in [2.45, 2.75) is 323 Å². The van der Waals surface area contributed by atoms with Crippen molar-refractivity contribution in [2.75, 3.05) is 59.5 Å². The summed E-state index contributed by atoms with van der Waals surface area (Å²) in [5.41, 5.74) is 0. The molecule has 9 fully saturated rings. The van der Waals surface area contributed by atoms with Crippen molar-refractivity contribution in [2.24, 2.45) is 0 Å². The quantitative estimate of drug-likeness (QED) is 0.0290. The highest BCUT2D eigenvalue weighted by molar-refractivity contribution is 5.77. The van der Waals surface area contributed by atoms with E-state index >= 15 is 0 Å². The number of carboxylic acids is 1. The Morgan fingerprint density at radius 1 is 0.339 bits per heavy atom. The molecule has 0 bridgehead atoms. The van der Waals surface area contributed by atoms with Gasteiger partial charge >= 0.3 is 5.97 Å². The van der Waals surface area contributed by atoms with E-state index in [1.54, 1.807) is 0 Å². The van der Waals surface area contributed by atoms with Gasteiger partial charge in [0, 0.05) is 41.0 Å². The van der Waals surface area contributed by atoms with Gasteiger partial charge in [-0.1, -0.05) is 0 Å². The summed E-state index contributed by atoms with van der Waals surface area (Å²) in [6, 6.07) is -9.11. The van der Waals surface area contributed by atoms with Crippen molar-refractivity contribution < 1.29 is 242 Å². The highest BCUT2D eigenvalue weighted by Crippen LogP contribution is 2.41. The molecule has 9 rings (SSSR count). The predicted molar refractivity (Wildman–Crippen MR) is 372 cm³/mol. The van der Waals surface area contributed by atoms with Gasteiger partial charge in [-0.25, -0.2) is 4.79 Å². The minimum Gasteiger partial charge on any atom is -0.477 e. The molecule has 54 heteroatoms. The monoisotopic (exact) mass is 1770 g/mol. The zero-order valence-corrected chi connectivity index (χ0v) is 65.1. The van der Waals surface area contributed by atoms with Crippen LogP contribution in [0.25, 0.3) is 0 Å². The maximum Gasteiger partial charge on any atom is 0.364 e. The van der Waals surface area contributed by atoms with Crippen LogP contribution >= 0.6 is 0 Å². The van der Waals surface area contributed by atoms with Crippen LogP contribution in [0.2, 0.25) is 0 Å². The molecule has 31 N–H and O–H groups in total. The van der Waals surface area contributed by atoms with Gasteiger partial charge in [0.15, 0.2) is 50.3 Å². The molecule has 0 radical (unpaired) electrons. The molecule has 5 amide bonds. The predicted octanol–water partition coefficient (Wildman–Crippen LogP) is -20.7. The largest absolute Gasteiger partial charge is 0.477 e. The molecule has 0 spiro atoms. The Morgan fingerprint density at radius 3 is 1.12 bits per heavy atom. The first-order valence-electron chi connectivity index (χ1n) is 38.2. The van der Waals surface area contributed by atoms with E-state index in [-0.39, 0.29) is 0 Å². The summed E-state index contributed by atoms with van der Waals surface area (Å²) in [6.45, 7) is -5.64. The first-order valence-corrected chi connectivity index (χ1v) is 38.2. The van der Waals surface area contributed by atoms with Gasteiger partial charge in [0.1, 0.15) is 213 Å². The summed E-state index contributed by atoms with van der Waals surface area (Å²) < 4.78 is 101. The Bertz CT molecular complexity index is 3340. The molecule has 9 saturated heterocycles. The Hall–Kier alpha value is -4.86. The van der Waals surface area contributed by atoms with E-state index in [1.807, 2.05) is 0 Å². The van der Waals surface area contributed by atoms with Crippen molar-refractivity contribution in [3.05, 3.63) is 0 Å². The Morgan fingerprint density at radius 2 is 0.678 bits per heavy atom. The average molecular weight is 1770 g/mol. The van der Waals surface area contributed by atoms with Gasteiger partial charge in [-0.05, 0) is 0 Å². The number of hydrogen-bond donors (Lipinski definition) is 31. The zero-order chi connectivity index (χ0) is 89.6. The van der Waals surface area contributed by atoms with E-state index in [2.05, 4.69) is 26.6 Å². The highest BCUT2D eigenvalue weighted by atomic mass is 16.8. The second-order valence-electron chi connectivity index (χ2n) is 30.4. The molecule has 0 aromatic carbocycles. The molecule has 0 aliphatic carbocycles. The number of carboxylic acid groups (broad SMARTS) is 1. The molecular formula is C67H111N5O49. The lowest BCUT2D eigenvalue weighted by molar-refractivity contribution is -0.396. The van der Waals surface area contributed by atoms with Crippen LogP contribution in [-0.4, -0.2) is 509 Å². The molecule has 121 heavy (non-hydrogen) atoms. The maximum absolute atomic E-state index is 13.1. The minimum atomic E-state index is -3.08. The second kappa shape index (κ2) is 43.3. The summed E-state index contributed by atoms with van der Waals surface area (Å²) in [7, 11) is 0. The SMILES string of the molecule is CC(=O)N[C@H]1[C@H]([C@H](O)[C@H](O)CO)OC(OC[C@H]2OC(O[C@H]3[C@H](O)[C@@H](NC(C)=O)C(O[C@@H]4C(OC[C@H]5OC(O[C@H]6[C@H](O)[C@@H](NC(C)=O)C(O[C@H]7[C@H](O)[C@@H](NC(C)=O)C(O)O[C@@H]7CO)O[C@@H]6CO)[C@@H](O)[C@@H](OC6O[C@H](CO)[C@@H](O)[C@H](O)[C@@H]6OC6O[C@H](CO)[C@@H](O)[C@H](O)[C@H]6NC(C)=O)[C@@H]5O)O[C@H](CO)[C@@H](O)[C@@H]4O)O[C@@H]3CO)[C@H](O)[C@@H](O)[C@H]2O)(C(=O)O)C[C@@H]1O. The van der Waals surface area contributed by atoms with Crippen LogP contribution in [0.3, 0.4) is 0 Å². The fourth-order valence-electron chi connectivity index (χ4n) is 15.4. The summed E-state index contributed by atoms with van der Waals surface area (Å²) in [4.78, 5) is 75.9. The zero-order valence-electron chi connectivity index (χ0n) is 65.1. The first-order chi connectivity index (χ1) is 57.0. The smallest absolute Gasteiger partial charge is 0.364 e. The standard InChI is InChI=1S/C67H111N5O49/c1-16(80)68-31-21(85)6-67(66(103)104,121-54(31)36(87)22(86)7-73)106-15-30-40(91)46(97)49(100)62(114-30)116-52-27(12-78)112-61(35(45(52)96)72-20(5)84)119-56-47(98)38(89)24(9-75)109-64(56)105-14-29-41(92)55(118-65-57(48(99)39(90)25(10-76)110-65)120-59-33(70-18(3)82)42(93)37(88)23(8-74)108-59)50(101)63(113-29)117-53-28(13-79)111-60(34(44(53)95)71-19(4)83)115-51-26(11-77)107-58(102)32(43(51)94)69-17(2)81/h21-65,73-79,85-102H,6-15H2,1-5H3,(H,68,80)(H,69,81)(H,70,82)(H,71,83)(H,72,84)(H,103,104)/t21-,22+,23+,24+,25+,26+,27+,28+,29+,30+,31+,32+,33+,34+,35+,36+,37+,38+,39+,40-,41+,42+,43+,44+,45+,46-,47-,48-,49+,50-,51+,52+,53+,54+,55-,56-,57-,58?,59?,60?,61?,62?,63?,64?,65?,67?/m0/s1. The average Bonchev–Trinajstić information content (AvgIpc) is 0.769. The molecule has 9 aliphatic heterocycles. The van der Waals surface area contributed by atoms with Crippen molar-refractivity contribution in [1.82, 2.24) is 26.6 Å². The molecule has 9 unspecified atom stereocenters. The van der Waals surface area contributed by atoms with Crippen molar-refractivity contribution in [3.63, 3.8) is 0 Å². The summed E-state index contributed by atoms with van der Waals surface area (Å²) >= 11 is 0. The number of amides is 5. The van der Waals surface area contributed by atoms with Crippen molar-refractivity contribution in [3.8, 4) is 0 Å². The number of carbonyl (C=O) groups is 6. The van der Waals surface area contributed by atoms with Gasteiger partial charge in [-0.2, -0.15) is 0 Å². The van der Waals surface area contributed by atoms with E-state index in [0.29, 0.717) is 0 Å². The van der Waals surface area contributed by atoms with Crippen molar-refractivity contribution in [1.29, 1.82) is 0 Å². The number of aliphatic hydroxyl groups is 25. The number of nitrogens with one attached hydrogen (secondary N) is 5. The third-order valence-corrected chi connectivity index (χ3v) is 21.7. The van der Waals surface area contributed by atoms with Crippen LogP contribution < -0.4 is 26.6 Å². The van der Waals surface area contributed by atoms with E-state index in [9.17, 15) is 162 Å². The molecule has 9 aliphatic rings. The molecule has 0 saturated carbocycles. The van der Waals surface area contributed by atoms with Crippen LogP contribution in [0.15, 0.2) is 0 Å². The fourth-order valence-corrected chi connectivity index (χ4v) is 15.4. The van der Waals surface area contributed by atoms with Gasteiger partial charge in [0.2, 0.25) is 29.5 Å². The lowest BCUT2D eigenvalue weighted by Crippen LogP contribution is -2.70. The van der Waals surface area contributed by atoms with Crippen LogP contribution in [0, 0.1) is 0 Å². The maximum atomic E-state index is 13.1. The fraction of sp³-hybridized carbons (Fsp3) is 0.910. The summed E-state index contributed by atoms with van der Waals surface area (Å²) in [6.07, 6.45) is -87.1. The van der Waals surface area contributed by atoms with Gasteiger partial charge in [-0.15, -0.1) is 0 Å². The number of aliphatic carboxylic acids is 1. The lowest BCUT2D eigenvalue weighted by atomic mass is 9.88. The van der Waals surface area contributed by atoms with Crippen molar-refractivity contribution >= 4 is 35.5 Å². The van der Waals surface area contributed by atoms with Crippen LogP contribution in [0.4, 0.5) is 0 Å². The number of ether oxygens (including phenoxy) is 17. The number of carbonyl (C=O) groups excluding carboxylic acids is 5. The highest BCUT2D eigenvalue weighted by Gasteiger charge is 2.62. The molecule has 698 valence electrons. The summed E-state index contributed by atoms with van der Waals surface area (Å²) in [5.74, 6) is -9.61. The number of rotatable bonds is 33. The Balaban J connectivity index is 1.01. The lowest BCUT2D eigenvalue weighted by Gasteiger charge is -2.51. The summed E-state index contributed by atoms with van der Waals surface area (Å²) in [5, 5.41) is 301. The topological polar surface area (TPSA) is 845 Å². The Kier molecular flexibility index (Phi) is 35.7. The van der Waals surface area contributed by atoms with E-state index in [1.165, 1.54) is 0 Å². The first kappa shape index (κ1) is 99.9. The van der Waals surface area contributed by atoms with Gasteiger partial charge in [0.05, 0.1) is 71.6 Å². The third-order valence-electron chi connectivity index (χ3n) is 21.7. The number of aliphatic hydroxyl groups excluding tert-OH is 25. The van der Waals surface area contributed by atoms with Crippen LogP contribution in [0.1, 0.15) is 41.0 Å². The van der Waals surface area contributed by atoms with Gasteiger partial charge in [-0.3, -0.25) is 24.0 Å². The molecule has 0 aromatic heterocycles. The third kappa shape index (κ3) is 22.5. The van der Waals surface area contributed by atoms with Crippen LogP contribution in [0.5, 0.6) is 0 Å². The normalized spacial score (nSPS) is 46.6.